The number of carboxylic acids is 1. The van der Waals surface area contributed by atoms with Crippen molar-refractivity contribution < 1.29 is 19.4 Å². The molecular formula is C14H19NO4. The second-order valence-corrected chi connectivity index (χ2v) is 4.36. The van der Waals surface area contributed by atoms with E-state index in [0.29, 0.717) is 24.2 Å². The molecule has 0 aliphatic heterocycles. The minimum atomic E-state index is -1.03. The number of methoxy groups -OCH3 is 1. The highest BCUT2D eigenvalue weighted by molar-refractivity contribution is 5.99. The van der Waals surface area contributed by atoms with Gasteiger partial charge in [0.2, 0.25) is 0 Å². The molecule has 1 amide bonds. The van der Waals surface area contributed by atoms with Gasteiger partial charge in [-0.25, -0.2) is 4.79 Å². The van der Waals surface area contributed by atoms with Crippen molar-refractivity contribution in [3.8, 4) is 5.75 Å². The van der Waals surface area contributed by atoms with Crippen LogP contribution in [0.3, 0.4) is 0 Å². The number of carbonyl (C=O) groups is 2. The van der Waals surface area contributed by atoms with E-state index in [1.165, 1.54) is 7.11 Å². The van der Waals surface area contributed by atoms with Crippen LogP contribution in [0.2, 0.25) is 0 Å². The number of aliphatic carboxylic acids is 1. The SMILES string of the molecule is CCC[C@@H](NC(=O)c1cc(C)ccc1OC)C(=O)O. The minimum absolute atomic E-state index is 0.352. The van der Waals surface area contributed by atoms with Crippen LogP contribution in [0, 0.1) is 6.92 Å². The average Bonchev–Trinajstić information content (AvgIpc) is 2.37. The summed E-state index contributed by atoms with van der Waals surface area (Å²) in [5, 5.41) is 11.6. The molecule has 19 heavy (non-hydrogen) atoms. The molecule has 0 saturated heterocycles. The molecule has 0 fully saturated rings. The highest BCUT2D eigenvalue weighted by atomic mass is 16.5. The molecular weight excluding hydrogens is 246 g/mol. The first kappa shape index (κ1) is 15.0. The van der Waals surface area contributed by atoms with Crippen LogP contribution >= 0.6 is 0 Å². The first-order valence-electron chi connectivity index (χ1n) is 6.17. The summed E-state index contributed by atoms with van der Waals surface area (Å²) in [6, 6.07) is 4.33. The van der Waals surface area contributed by atoms with Gasteiger partial charge in [0, 0.05) is 0 Å². The zero-order valence-electron chi connectivity index (χ0n) is 11.4. The Morgan fingerprint density at radius 3 is 2.63 bits per heavy atom. The Labute approximate surface area is 112 Å². The lowest BCUT2D eigenvalue weighted by molar-refractivity contribution is -0.139. The van der Waals surface area contributed by atoms with Crippen molar-refractivity contribution in [1.29, 1.82) is 0 Å². The first-order chi connectivity index (χ1) is 8.99. The number of nitrogens with one attached hydrogen (secondary N) is 1. The number of amides is 1. The van der Waals surface area contributed by atoms with Crippen molar-refractivity contribution in [2.45, 2.75) is 32.7 Å². The Balaban J connectivity index is 2.93. The minimum Gasteiger partial charge on any atom is -0.496 e. The third kappa shape index (κ3) is 3.98. The summed E-state index contributed by atoms with van der Waals surface area (Å²) < 4.78 is 5.12. The molecule has 0 aliphatic carbocycles. The molecule has 1 rings (SSSR count). The standard InChI is InChI=1S/C14H19NO4/c1-4-5-11(14(17)18)15-13(16)10-8-9(2)6-7-12(10)19-3/h6-8,11H,4-5H2,1-3H3,(H,15,16)(H,17,18)/t11-/m1/s1. The molecule has 0 saturated carbocycles. The third-order valence-electron chi connectivity index (χ3n) is 2.78. The fourth-order valence-corrected chi connectivity index (χ4v) is 1.78. The summed E-state index contributed by atoms with van der Waals surface area (Å²) in [5.41, 5.74) is 1.26. The quantitative estimate of drug-likeness (QED) is 0.824. The summed E-state index contributed by atoms with van der Waals surface area (Å²) in [6.07, 6.45) is 1.08. The third-order valence-corrected chi connectivity index (χ3v) is 2.78. The van der Waals surface area contributed by atoms with Gasteiger partial charge in [0.25, 0.3) is 5.91 Å². The molecule has 0 heterocycles. The van der Waals surface area contributed by atoms with E-state index >= 15 is 0 Å². The van der Waals surface area contributed by atoms with Crippen LogP contribution in [-0.2, 0) is 4.79 Å². The van der Waals surface area contributed by atoms with Crippen LogP contribution in [0.5, 0.6) is 5.75 Å². The van der Waals surface area contributed by atoms with Gasteiger partial charge in [-0.15, -0.1) is 0 Å². The smallest absolute Gasteiger partial charge is 0.326 e. The summed E-state index contributed by atoms with van der Waals surface area (Å²) in [5.74, 6) is -1.02. The molecule has 1 aromatic rings. The average molecular weight is 265 g/mol. The van der Waals surface area contributed by atoms with Gasteiger partial charge in [0.1, 0.15) is 11.8 Å². The Hall–Kier alpha value is -2.04. The summed E-state index contributed by atoms with van der Waals surface area (Å²) in [7, 11) is 1.47. The van der Waals surface area contributed by atoms with E-state index in [9.17, 15) is 9.59 Å². The molecule has 0 unspecified atom stereocenters. The zero-order valence-corrected chi connectivity index (χ0v) is 11.4. The highest BCUT2D eigenvalue weighted by Gasteiger charge is 2.21. The summed E-state index contributed by atoms with van der Waals surface area (Å²) in [6.45, 7) is 3.73. The zero-order chi connectivity index (χ0) is 14.4. The van der Waals surface area contributed by atoms with Crippen molar-refractivity contribution in [2.24, 2.45) is 0 Å². The molecule has 0 aliphatic rings. The van der Waals surface area contributed by atoms with Crippen molar-refractivity contribution >= 4 is 11.9 Å². The van der Waals surface area contributed by atoms with Crippen molar-refractivity contribution in [2.75, 3.05) is 7.11 Å². The fourth-order valence-electron chi connectivity index (χ4n) is 1.78. The lowest BCUT2D eigenvalue weighted by Crippen LogP contribution is -2.40. The summed E-state index contributed by atoms with van der Waals surface area (Å²) >= 11 is 0. The topological polar surface area (TPSA) is 75.6 Å². The van der Waals surface area contributed by atoms with Gasteiger partial charge >= 0.3 is 5.97 Å². The Morgan fingerprint density at radius 1 is 1.42 bits per heavy atom. The number of benzene rings is 1. The van der Waals surface area contributed by atoms with Gasteiger partial charge in [-0.05, 0) is 25.5 Å². The Bertz CT molecular complexity index is 471. The van der Waals surface area contributed by atoms with E-state index in [1.54, 1.807) is 12.1 Å². The summed E-state index contributed by atoms with van der Waals surface area (Å²) in [4.78, 5) is 23.1. The maximum absolute atomic E-state index is 12.1. The van der Waals surface area contributed by atoms with E-state index < -0.39 is 17.9 Å². The van der Waals surface area contributed by atoms with Gasteiger partial charge in [-0.2, -0.15) is 0 Å². The van der Waals surface area contributed by atoms with Crippen molar-refractivity contribution in [1.82, 2.24) is 5.32 Å². The molecule has 5 nitrogen and oxygen atoms in total. The molecule has 5 heteroatoms. The van der Waals surface area contributed by atoms with Crippen LogP contribution in [0.25, 0.3) is 0 Å². The maximum atomic E-state index is 12.1. The lowest BCUT2D eigenvalue weighted by Gasteiger charge is -2.15. The van der Waals surface area contributed by atoms with Gasteiger partial charge in [-0.1, -0.05) is 25.0 Å². The van der Waals surface area contributed by atoms with E-state index in [1.807, 2.05) is 19.9 Å². The van der Waals surface area contributed by atoms with E-state index in [4.69, 9.17) is 9.84 Å². The molecule has 104 valence electrons. The van der Waals surface area contributed by atoms with Crippen LogP contribution < -0.4 is 10.1 Å². The van der Waals surface area contributed by atoms with Crippen LogP contribution in [0.15, 0.2) is 18.2 Å². The number of ether oxygens (including phenoxy) is 1. The predicted molar refractivity (Wildman–Crippen MR) is 71.5 cm³/mol. The van der Waals surface area contributed by atoms with Crippen LogP contribution in [0.1, 0.15) is 35.7 Å². The Kier molecular flexibility index (Phi) is 5.36. The largest absolute Gasteiger partial charge is 0.496 e. The number of carboxylic acid groups (broad SMARTS) is 1. The normalized spacial score (nSPS) is 11.7. The monoisotopic (exact) mass is 265 g/mol. The van der Waals surface area contributed by atoms with Gasteiger partial charge in [-0.3, -0.25) is 4.79 Å². The lowest BCUT2D eigenvalue weighted by atomic mass is 10.1. The highest BCUT2D eigenvalue weighted by Crippen LogP contribution is 2.19. The molecule has 0 spiro atoms. The van der Waals surface area contributed by atoms with Crippen molar-refractivity contribution in [3.05, 3.63) is 29.3 Å². The number of hydrogen-bond acceptors (Lipinski definition) is 3. The number of hydrogen-bond donors (Lipinski definition) is 2. The fraction of sp³-hybridized carbons (Fsp3) is 0.429. The van der Waals surface area contributed by atoms with Gasteiger partial charge in [0.15, 0.2) is 0 Å². The second-order valence-electron chi connectivity index (χ2n) is 4.36. The first-order valence-corrected chi connectivity index (χ1v) is 6.17. The van der Waals surface area contributed by atoms with E-state index in [0.717, 1.165) is 5.56 Å². The van der Waals surface area contributed by atoms with Gasteiger partial charge < -0.3 is 15.2 Å². The molecule has 1 atom stereocenters. The van der Waals surface area contributed by atoms with Crippen molar-refractivity contribution in [3.63, 3.8) is 0 Å². The molecule has 0 radical (unpaired) electrons. The number of carbonyl (C=O) groups excluding carboxylic acids is 1. The number of rotatable bonds is 6. The maximum Gasteiger partial charge on any atom is 0.326 e. The molecule has 1 aromatic carbocycles. The van der Waals surface area contributed by atoms with E-state index in [-0.39, 0.29) is 0 Å². The van der Waals surface area contributed by atoms with Crippen LogP contribution in [0.4, 0.5) is 0 Å². The Morgan fingerprint density at radius 2 is 2.11 bits per heavy atom. The number of aryl methyl sites for hydroxylation is 1. The van der Waals surface area contributed by atoms with E-state index in [2.05, 4.69) is 5.32 Å². The molecule has 0 aromatic heterocycles. The van der Waals surface area contributed by atoms with Crippen LogP contribution in [-0.4, -0.2) is 30.1 Å². The molecule has 2 N–H and O–H groups in total. The van der Waals surface area contributed by atoms with Gasteiger partial charge in [0.05, 0.1) is 12.7 Å². The second kappa shape index (κ2) is 6.78. The molecule has 0 bridgehead atoms. The predicted octanol–water partition coefficient (Wildman–Crippen LogP) is 1.99.